The van der Waals surface area contributed by atoms with Crippen molar-refractivity contribution in [3.63, 3.8) is 0 Å². The van der Waals surface area contributed by atoms with Gasteiger partial charge in [-0.3, -0.25) is 0 Å². The predicted molar refractivity (Wildman–Crippen MR) is 71.4 cm³/mol. The highest BCUT2D eigenvalue weighted by Gasteiger charge is 1.98. The van der Waals surface area contributed by atoms with E-state index in [-0.39, 0.29) is 0 Å². The molecule has 1 aromatic rings. The molecule has 0 saturated carbocycles. The Kier molecular flexibility index (Phi) is 3.40. The molecule has 0 radical (unpaired) electrons. The van der Waals surface area contributed by atoms with E-state index in [4.69, 9.17) is 0 Å². The molecule has 0 N–H and O–H groups in total. The first-order valence-electron chi connectivity index (χ1n) is 5.94. The zero-order valence-electron chi connectivity index (χ0n) is 10.0. The zero-order chi connectivity index (χ0) is 11.4. The highest BCUT2D eigenvalue weighted by Crippen LogP contribution is 2.08. The van der Waals surface area contributed by atoms with Crippen molar-refractivity contribution in [1.29, 1.82) is 0 Å². The van der Waals surface area contributed by atoms with Gasteiger partial charge < -0.3 is 0 Å². The molecule has 0 nitrogen and oxygen atoms in total. The molecule has 16 heavy (non-hydrogen) atoms. The van der Waals surface area contributed by atoms with Crippen LogP contribution < -0.4 is 10.4 Å². The summed E-state index contributed by atoms with van der Waals surface area (Å²) in [5, 5.41) is 2.79. The highest BCUT2D eigenvalue weighted by molar-refractivity contribution is 5.62. The van der Waals surface area contributed by atoms with E-state index in [9.17, 15) is 0 Å². The van der Waals surface area contributed by atoms with Crippen molar-refractivity contribution in [1.82, 2.24) is 0 Å². The average molecular weight is 210 g/mol. The third-order valence-electron chi connectivity index (χ3n) is 3.15. The largest absolute Gasteiger partial charge is 0.0801 e. The molecule has 0 amide bonds. The Hall–Kier alpha value is -1.56. The number of hydrogen-bond acceptors (Lipinski definition) is 0. The summed E-state index contributed by atoms with van der Waals surface area (Å²) in [5.74, 6) is 0. The van der Waals surface area contributed by atoms with E-state index < -0.39 is 0 Å². The van der Waals surface area contributed by atoms with E-state index in [0.29, 0.717) is 0 Å². The van der Waals surface area contributed by atoms with Crippen molar-refractivity contribution < 1.29 is 0 Å². The van der Waals surface area contributed by atoms with E-state index in [1.54, 1.807) is 0 Å². The molecule has 2 rings (SSSR count). The number of benzene rings is 1. The van der Waals surface area contributed by atoms with Gasteiger partial charge in [0, 0.05) is 0 Å². The maximum Gasteiger partial charge on any atom is -0.00882 e. The molecule has 0 aliphatic heterocycles. The molecule has 1 aliphatic rings. The van der Waals surface area contributed by atoms with Gasteiger partial charge in [-0.15, -0.1) is 0 Å². The van der Waals surface area contributed by atoms with Crippen molar-refractivity contribution in [3.8, 4) is 0 Å². The summed E-state index contributed by atoms with van der Waals surface area (Å²) in [6.07, 6.45) is 10.8. The molecular formula is C16H18. The van der Waals surface area contributed by atoms with Gasteiger partial charge in [-0.1, -0.05) is 61.1 Å². The lowest BCUT2D eigenvalue weighted by molar-refractivity contribution is 1.19. The van der Waals surface area contributed by atoms with Crippen molar-refractivity contribution in [2.24, 2.45) is 0 Å². The molecule has 1 aromatic carbocycles. The van der Waals surface area contributed by atoms with Gasteiger partial charge in [-0.05, 0) is 35.8 Å². The van der Waals surface area contributed by atoms with Crippen molar-refractivity contribution in [2.45, 2.75) is 26.7 Å². The second kappa shape index (κ2) is 4.98. The lowest BCUT2D eigenvalue weighted by Crippen LogP contribution is -2.28. The lowest BCUT2D eigenvalue weighted by atomic mass is 10.0. The van der Waals surface area contributed by atoms with Crippen molar-refractivity contribution >= 4 is 11.1 Å². The smallest absolute Gasteiger partial charge is 0.00882 e. The van der Waals surface area contributed by atoms with Gasteiger partial charge in [0.2, 0.25) is 0 Å². The molecule has 0 heteroatoms. The van der Waals surface area contributed by atoms with Gasteiger partial charge in [0.25, 0.3) is 0 Å². The van der Waals surface area contributed by atoms with Crippen LogP contribution in [0.25, 0.3) is 11.1 Å². The first-order chi connectivity index (χ1) is 7.83. The van der Waals surface area contributed by atoms with E-state index >= 15 is 0 Å². The number of allylic oxidation sites excluding steroid dienone is 4. The monoisotopic (exact) mass is 210 g/mol. The summed E-state index contributed by atoms with van der Waals surface area (Å²) in [6.45, 7) is 4.44. The molecular weight excluding hydrogens is 192 g/mol. The van der Waals surface area contributed by atoms with Crippen LogP contribution in [0, 0.1) is 0 Å². The minimum Gasteiger partial charge on any atom is -0.0801 e. The van der Waals surface area contributed by atoms with Gasteiger partial charge >= 0.3 is 0 Å². The fraction of sp³-hybridized carbons (Fsp3) is 0.250. The molecule has 0 fully saturated rings. The Labute approximate surface area is 97.3 Å². The first-order valence-corrected chi connectivity index (χ1v) is 5.94. The predicted octanol–water partition coefficient (Wildman–Crippen LogP) is 2.93. The maximum absolute atomic E-state index is 2.23. The summed E-state index contributed by atoms with van der Waals surface area (Å²) in [6, 6.07) is 8.71. The fourth-order valence-electron chi connectivity index (χ4n) is 2.04. The third kappa shape index (κ3) is 2.16. The number of hydrogen-bond donors (Lipinski definition) is 0. The Morgan fingerprint density at radius 1 is 1.19 bits per heavy atom. The van der Waals surface area contributed by atoms with Crippen LogP contribution in [0.5, 0.6) is 0 Å². The molecule has 0 heterocycles. The van der Waals surface area contributed by atoms with E-state index in [1.165, 1.54) is 21.6 Å². The molecule has 0 unspecified atom stereocenters. The third-order valence-corrected chi connectivity index (χ3v) is 3.15. The Morgan fingerprint density at radius 3 is 2.69 bits per heavy atom. The van der Waals surface area contributed by atoms with Crippen molar-refractivity contribution in [3.05, 3.63) is 59.0 Å². The van der Waals surface area contributed by atoms with Crippen LogP contribution in [0.15, 0.2) is 48.6 Å². The minimum atomic E-state index is 1.05. The standard InChI is InChI=1S/C16H18/c1-3-13(2)15-11-7-8-12-16(15)14-9-5-4-6-10-14/h4-9,11-12H,3,10H2,1-2H3/b15-13-,16-14-. The second-order valence-corrected chi connectivity index (χ2v) is 4.20. The summed E-state index contributed by atoms with van der Waals surface area (Å²) in [5.41, 5.74) is 2.89. The van der Waals surface area contributed by atoms with Crippen LogP contribution in [0.4, 0.5) is 0 Å². The molecule has 0 spiro atoms. The SMILES string of the molecule is CC/C(C)=c1/cccc/c1=C1\C=CC=CC1. The van der Waals surface area contributed by atoms with Gasteiger partial charge in [-0.25, -0.2) is 0 Å². The van der Waals surface area contributed by atoms with Gasteiger partial charge in [0.1, 0.15) is 0 Å². The van der Waals surface area contributed by atoms with E-state index in [2.05, 4.69) is 62.4 Å². The Bertz CT molecular complexity index is 542. The first kappa shape index (κ1) is 10.9. The molecule has 0 atom stereocenters. The van der Waals surface area contributed by atoms with Crippen LogP contribution in [-0.4, -0.2) is 0 Å². The quantitative estimate of drug-likeness (QED) is 0.668. The fourth-order valence-corrected chi connectivity index (χ4v) is 2.04. The summed E-state index contributed by atoms with van der Waals surface area (Å²) in [7, 11) is 0. The van der Waals surface area contributed by atoms with Crippen LogP contribution >= 0.6 is 0 Å². The van der Waals surface area contributed by atoms with Crippen molar-refractivity contribution in [2.75, 3.05) is 0 Å². The zero-order valence-corrected chi connectivity index (χ0v) is 10.0. The van der Waals surface area contributed by atoms with Gasteiger partial charge in [0.05, 0.1) is 0 Å². The summed E-state index contributed by atoms with van der Waals surface area (Å²) < 4.78 is 0. The highest BCUT2D eigenvalue weighted by atomic mass is 14.0. The summed E-state index contributed by atoms with van der Waals surface area (Å²) >= 11 is 0. The second-order valence-electron chi connectivity index (χ2n) is 4.20. The van der Waals surface area contributed by atoms with Crippen LogP contribution in [0.2, 0.25) is 0 Å². The lowest BCUT2D eigenvalue weighted by Gasteiger charge is -2.04. The number of rotatable bonds is 1. The van der Waals surface area contributed by atoms with Gasteiger partial charge in [0.15, 0.2) is 0 Å². The van der Waals surface area contributed by atoms with Crippen LogP contribution in [0.3, 0.4) is 0 Å². The van der Waals surface area contributed by atoms with Gasteiger partial charge in [-0.2, -0.15) is 0 Å². The average Bonchev–Trinajstić information content (AvgIpc) is 2.39. The summed E-state index contributed by atoms with van der Waals surface area (Å²) in [4.78, 5) is 0. The maximum atomic E-state index is 2.23. The minimum absolute atomic E-state index is 1.05. The van der Waals surface area contributed by atoms with E-state index in [0.717, 1.165) is 12.8 Å². The Morgan fingerprint density at radius 2 is 2.00 bits per heavy atom. The molecule has 0 bridgehead atoms. The van der Waals surface area contributed by atoms with Crippen LogP contribution in [0.1, 0.15) is 26.7 Å². The molecule has 82 valence electrons. The van der Waals surface area contributed by atoms with Crippen LogP contribution in [-0.2, 0) is 0 Å². The molecule has 0 saturated heterocycles. The molecule has 1 aliphatic carbocycles. The molecule has 0 aromatic heterocycles. The van der Waals surface area contributed by atoms with E-state index in [1.807, 2.05) is 0 Å². The topological polar surface area (TPSA) is 0 Å². The Balaban J connectivity index is 2.76. The normalized spacial score (nSPS) is 19.9.